The van der Waals surface area contributed by atoms with Crippen LogP contribution in [0.3, 0.4) is 0 Å². The Bertz CT molecular complexity index is 598. The number of carbonyl (C=O) groups is 1. The molecule has 1 amide bonds. The molecule has 0 saturated heterocycles. The van der Waals surface area contributed by atoms with Crippen LogP contribution >= 0.6 is 12.4 Å². The molecule has 1 fully saturated rings. The van der Waals surface area contributed by atoms with Crippen molar-refractivity contribution in [1.82, 2.24) is 25.4 Å². The summed E-state index contributed by atoms with van der Waals surface area (Å²) >= 11 is 0. The van der Waals surface area contributed by atoms with E-state index in [2.05, 4.69) is 20.7 Å². The number of halogens is 1. The Labute approximate surface area is 135 Å². The summed E-state index contributed by atoms with van der Waals surface area (Å²) in [7, 11) is 0. The van der Waals surface area contributed by atoms with Gasteiger partial charge in [-0.3, -0.25) is 4.79 Å². The third-order valence-electron chi connectivity index (χ3n) is 3.48. The molecule has 118 valence electrons. The normalized spacial score (nSPS) is 13.5. The molecule has 3 rings (SSSR count). The van der Waals surface area contributed by atoms with E-state index in [1.807, 2.05) is 24.4 Å². The fraction of sp³-hybridized carbons (Fsp3) is 0.400. The number of amides is 1. The minimum absolute atomic E-state index is 0. The van der Waals surface area contributed by atoms with Crippen molar-refractivity contribution < 1.29 is 4.79 Å². The van der Waals surface area contributed by atoms with Gasteiger partial charge in [0.25, 0.3) is 0 Å². The van der Waals surface area contributed by atoms with Gasteiger partial charge in [-0.1, -0.05) is 6.07 Å². The number of rotatable bonds is 7. The minimum Gasteiger partial charge on any atom is -0.351 e. The maximum atomic E-state index is 11.8. The van der Waals surface area contributed by atoms with Gasteiger partial charge < -0.3 is 10.6 Å². The van der Waals surface area contributed by atoms with Crippen molar-refractivity contribution in [2.75, 3.05) is 13.1 Å². The van der Waals surface area contributed by atoms with Crippen LogP contribution in [0.1, 0.15) is 18.4 Å². The van der Waals surface area contributed by atoms with Gasteiger partial charge in [0.1, 0.15) is 0 Å². The van der Waals surface area contributed by atoms with Crippen LogP contribution in [0.4, 0.5) is 0 Å². The molecule has 7 heteroatoms. The molecular weight excluding hydrogens is 302 g/mol. The van der Waals surface area contributed by atoms with E-state index in [-0.39, 0.29) is 18.3 Å². The zero-order valence-corrected chi connectivity index (χ0v) is 13.1. The van der Waals surface area contributed by atoms with Crippen LogP contribution in [0.2, 0.25) is 0 Å². The van der Waals surface area contributed by atoms with Crippen LogP contribution in [0.15, 0.2) is 36.8 Å². The summed E-state index contributed by atoms with van der Waals surface area (Å²) in [4.78, 5) is 16.1. The van der Waals surface area contributed by atoms with Crippen LogP contribution in [0.5, 0.6) is 0 Å². The lowest BCUT2D eigenvalue weighted by Crippen LogP contribution is -2.34. The Kier molecular flexibility index (Phi) is 5.91. The Morgan fingerprint density at radius 2 is 2.18 bits per heavy atom. The number of nitrogens with one attached hydrogen (secondary N) is 2. The van der Waals surface area contributed by atoms with E-state index in [1.165, 1.54) is 12.8 Å². The molecule has 1 aliphatic carbocycles. The standard InChI is InChI=1S/C15H19N5O.ClH/c21-14(11-16-9-12-4-5-12)18-10-13-3-1-6-17-15(13)20-8-2-7-19-20;/h1-3,6-8,12,16H,4-5,9-11H2,(H,18,21);1H. The molecule has 2 aromatic heterocycles. The van der Waals surface area contributed by atoms with E-state index in [0.717, 1.165) is 23.8 Å². The Morgan fingerprint density at radius 3 is 2.91 bits per heavy atom. The lowest BCUT2D eigenvalue weighted by atomic mass is 10.2. The highest BCUT2D eigenvalue weighted by molar-refractivity contribution is 5.85. The SMILES string of the molecule is Cl.O=C(CNCC1CC1)NCc1cccnc1-n1cccn1. The first kappa shape index (κ1) is 16.5. The summed E-state index contributed by atoms with van der Waals surface area (Å²) in [6.45, 7) is 1.76. The molecule has 0 unspecified atom stereocenters. The minimum atomic E-state index is 0. The second-order valence-electron chi connectivity index (χ2n) is 5.29. The van der Waals surface area contributed by atoms with Crippen LogP contribution in [0.25, 0.3) is 5.82 Å². The molecule has 1 aliphatic rings. The van der Waals surface area contributed by atoms with Crippen molar-refractivity contribution >= 4 is 18.3 Å². The highest BCUT2D eigenvalue weighted by atomic mass is 35.5. The van der Waals surface area contributed by atoms with Crippen LogP contribution in [-0.4, -0.2) is 33.8 Å². The first-order chi connectivity index (χ1) is 10.3. The summed E-state index contributed by atoms with van der Waals surface area (Å²) in [5, 5.41) is 10.3. The lowest BCUT2D eigenvalue weighted by Gasteiger charge is -2.10. The molecule has 0 radical (unpaired) electrons. The summed E-state index contributed by atoms with van der Waals surface area (Å²) in [5.41, 5.74) is 0.941. The average Bonchev–Trinajstić information content (AvgIpc) is 3.16. The third kappa shape index (κ3) is 4.54. The number of carbonyl (C=O) groups excluding carboxylic acids is 1. The summed E-state index contributed by atoms with van der Waals surface area (Å²) < 4.78 is 1.70. The van der Waals surface area contributed by atoms with Gasteiger partial charge in [0.15, 0.2) is 5.82 Å². The summed E-state index contributed by atoms with van der Waals surface area (Å²) in [6, 6.07) is 5.65. The predicted octanol–water partition coefficient (Wildman–Crippen LogP) is 1.30. The Hall–Kier alpha value is -1.92. The van der Waals surface area contributed by atoms with Gasteiger partial charge in [0.2, 0.25) is 5.91 Å². The highest BCUT2D eigenvalue weighted by Gasteiger charge is 2.20. The lowest BCUT2D eigenvalue weighted by molar-refractivity contribution is -0.120. The van der Waals surface area contributed by atoms with Crippen molar-refractivity contribution in [3.8, 4) is 5.82 Å². The maximum absolute atomic E-state index is 11.8. The Balaban J connectivity index is 0.00000176. The predicted molar refractivity (Wildman–Crippen MR) is 86.0 cm³/mol. The molecular formula is C15H20ClN5O. The summed E-state index contributed by atoms with van der Waals surface area (Å²) in [5.74, 6) is 1.53. The van der Waals surface area contributed by atoms with Crippen LogP contribution in [-0.2, 0) is 11.3 Å². The molecule has 2 heterocycles. The molecule has 1 saturated carbocycles. The Morgan fingerprint density at radius 1 is 1.32 bits per heavy atom. The van der Waals surface area contributed by atoms with E-state index in [1.54, 1.807) is 17.1 Å². The molecule has 2 N–H and O–H groups in total. The molecule has 2 aromatic rings. The number of pyridine rings is 1. The van der Waals surface area contributed by atoms with Gasteiger partial charge in [-0.25, -0.2) is 9.67 Å². The van der Waals surface area contributed by atoms with E-state index in [9.17, 15) is 4.79 Å². The smallest absolute Gasteiger partial charge is 0.234 e. The molecule has 6 nitrogen and oxygen atoms in total. The van der Waals surface area contributed by atoms with Gasteiger partial charge in [-0.05, 0) is 37.4 Å². The molecule has 22 heavy (non-hydrogen) atoms. The topological polar surface area (TPSA) is 71.8 Å². The van der Waals surface area contributed by atoms with Gasteiger partial charge in [-0.2, -0.15) is 5.10 Å². The van der Waals surface area contributed by atoms with E-state index in [0.29, 0.717) is 13.1 Å². The second-order valence-corrected chi connectivity index (χ2v) is 5.29. The molecule has 0 aromatic carbocycles. The number of hydrogen-bond acceptors (Lipinski definition) is 4. The zero-order valence-electron chi connectivity index (χ0n) is 12.2. The van der Waals surface area contributed by atoms with Crippen LogP contribution in [0, 0.1) is 5.92 Å². The maximum Gasteiger partial charge on any atom is 0.234 e. The van der Waals surface area contributed by atoms with E-state index in [4.69, 9.17) is 0 Å². The number of nitrogens with zero attached hydrogens (tertiary/aromatic N) is 3. The van der Waals surface area contributed by atoms with Crippen molar-refractivity contribution in [2.45, 2.75) is 19.4 Å². The van der Waals surface area contributed by atoms with Gasteiger partial charge >= 0.3 is 0 Å². The number of aromatic nitrogens is 3. The van der Waals surface area contributed by atoms with Crippen molar-refractivity contribution in [3.63, 3.8) is 0 Å². The largest absolute Gasteiger partial charge is 0.351 e. The van der Waals surface area contributed by atoms with Gasteiger partial charge in [0.05, 0.1) is 6.54 Å². The van der Waals surface area contributed by atoms with E-state index >= 15 is 0 Å². The zero-order chi connectivity index (χ0) is 14.5. The third-order valence-corrected chi connectivity index (χ3v) is 3.48. The molecule has 0 spiro atoms. The number of hydrogen-bond donors (Lipinski definition) is 2. The highest BCUT2D eigenvalue weighted by Crippen LogP contribution is 2.27. The van der Waals surface area contributed by atoms with Gasteiger partial charge in [-0.15, -0.1) is 12.4 Å². The molecule has 0 atom stereocenters. The van der Waals surface area contributed by atoms with Crippen LogP contribution < -0.4 is 10.6 Å². The monoisotopic (exact) mass is 321 g/mol. The van der Waals surface area contributed by atoms with Crippen molar-refractivity contribution in [2.24, 2.45) is 5.92 Å². The van der Waals surface area contributed by atoms with Gasteiger partial charge in [0, 0.05) is 30.7 Å². The second kappa shape index (κ2) is 7.91. The van der Waals surface area contributed by atoms with E-state index < -0.39 is 0 Å². The first-order valence-corrected chi connectivity index (χ1v) is 7.24. The average molecular weight is 322 g/mol. The fourth-order valence-corrected chi connectivity index (χ4v) is 2.14. The molecule has 0 aliphatic heterocycles. The fourth-order valence-electron chi connectivity index (χ4n) is 2.14. The molecule has 0 bridgehead atoms. The van der Waals surface area contributed by atoms with Crippen molar-refractivity contribution in [1.29, 1.82) is 0 Å². The quantitative estimate of drug-likeness (QED) is 0.806. The summed E-state index contributed by atoms with van der Waals surface area (Å²) in [6.07, 6.45) is 7.85. The van der Waals surface area contributed by atoms with Crippen molar-refractivity contribution in [3.05, 3.63) is 42.4 Å². The first-order valence-electron chi connectivity index (χ1n) is 7.24.